The number of methoxy groups -OCH3 is 1. The average Bonchev–Trinajstić information content (AvgIpc) is 2.73. The summed E-state index contributed by atoms with van der Waals surface area (Å²) in [6.07, 6.45) is -0.0340. The van der Waals surface area contributed by atoms with Gasteiger partial charge in [0.25, 0.3) is 5.69 Å². The van der Waals surface area contributed by atoms with Crippen molar-refractivity contribution in [3.05, 3.63) is 38.9 Å². The lowest BCUT2D eigenvalue weighted by Gasteiger charge is -2.10. The van der Waals surface area contributed by atoms with E-state index in [9.17, 15) is 19.7 Å². The SMILES string of the molecule is COC(=O)CC(C)n1c(=O)oc2ccc([N+](=O)[O-])cc21. The second kappa shape index (κ2) is 5.16. The van der Waals surface area contributed by atoms with Crippen molar-refractivity contribution in [3.8, 4) is 0 Å². The van der Waals surface area contributed by atoms with Gasteiger partial charge in [-0.2, -0.15) is 0 Å². The summed E-state index contributed by atoms with van der Waals surface area (Å²) in [6, 6.07) is 3.32. The van der Waals surface area contributed by atoms with E-state index in [-0.39, 0.29) is 23.2 Å². The molecule has 1 heterocycles. The molecule has 106 valence electrons. The minimum Gasteiger partial charge on any atom is -0.469 e. The van der Waals surface area contributed by atoms with Gasteiger partial charge in [-0.25, -0.2) is 4.79 Å². The lowest BCUT2D eigenvalue weighted by atomic mass is 10.2. The van der Waals surface area contributed by atoms with E-state index in [0.29, 0.717) is 0 Å². The van der Waals surface area contributed by atoms with E-state index in [4.69, 9.17) is 4.42 Å². The van der Waals surface area contributed by atoms with Crippen LogP contribution in [0.25, 0.3) is 11.1 Å². The first-order chi connectivity index (χ1) is 9.43. The highest BCUT2D eigenvalue weighted by Crippen LogP contribution is 2.23. The molecule has 8 heteroatoms. The highest BCUT2D eigenvalue weighted by atomic mass is 16.6. The first kappa shape index (κ1) is 13.8. The van der Waals surface area contributed by atoms with E-state index >= 15 is 0 Å². The van der Waals surface area contributed by atoms with Crippen LogP contribution in [0.5, 0.6) is 0 Å². The predicted octanol–water partition coefficient (Wildman–Crippen LogP) is 1.63. The first-order valence-electron chi connectivity index (χ1n) is 5.80. The van der Waals surface area contributed by atoms with E-state index in [2.05, 4.69) is 4.74 Å². The van der Waals surface area contributed by atoms with Gasteiger partial charge in [0.05, 0.1) is 24.0 Å². The fourth-order valence-electron chi connectivity index (χ4n) is 1.97. The number of fused-ring (bicyclic) bond motifs is 1. The van der Waals surface area contributed by atoms with Crippen LogP contribution in [0.4, 0.5) is 5.69 Å². The fraction of sp³-hybridized carbons (Fsp3) is 0.333. The zero-order valence-corrected chi connectivity index (χ0v) is 10.9. The molecule has 0 amide bonds. The van der Waals surface area contributed by atoms with Crippen molar-refractivity contribution < 1.29 is 18.9 Å². The Balaban J connectivity index is 2.53. The summed E-state index contributed by atoms with van der Waals surface area (Å²) in [5, 5.41) is 10.8. The van der Waals surface area contributed by atoms with Crippen LogP contribution in [0, 0.1) is 10.1 Å². The van der Waals surface area contributed by atoms with Crippen LogP contribution in [0.2, 0.25) is 0 Å². The van der Waals surface area contributed by atoms with E-state index in [1.807, 2.05) is 0 Å². The number of nitro benzene ring substituents is 1. The Morgan fingerprint density at radius 3 is 2.85 bits per heavy atom. The topological polar surface area (TPSA) is 105 Å². The van der Waals surface area contributed by atoms with E-state index in [1.165, 1.54) is 29.9 Å². The van der Waals surface area contributed by atoms with Crippen LogP contribution in [-0.2, 0) is 9.53 Å². The molecule has 0 saturated carbocycles. The van der Waals surface area contributed by atoms with Gasteiger partial charge in [0.1, 0.15) is 0 Å². The van der Waals surface area contributed by atoms with Crippen molar-refractivity contribution >= 4 is 22.8 Å². The lowest BCUT2D eigenvalue weighted by molar-refractivity contribution is -0.384. The maximum absolute atomic E-state index is 11.8. The van der Waals surface area contributed by atoms with Gasteiger partial charge in [0, 0.05) is 18.2 Å². The number of nitrogens with zero attached hydrogens (tertiary/aromatic N) is 2. The summed E-state index contributed by atoms with van der Waals surface area (Å²) in [6.45, 7) is 1.63. The van der Waals surface area contributed by atoms with Crippen LogP contribution in [-0.4, -0.2) is 22.6 Å². The molecule has 20 heavy (non-hydrogen) atoms. The monoisotopic (exact) mass is 280 g/mol. The Morgan fingerprint density at radius 1 is 1.55 bits per heavy atom. The van der Waals surface area contributed by atoms with Crippen LogP contribution >= 0.6 is 0 Å². The van der Waals surface area contributed by atoms with Crippen molar-refractivity contribution in [3.63, 3.8) is 0 Å². The molecule has 0 spiro atoms. The van der Waals surface area contributed by atoms with Gasteiger partial charge < -0.3 is 9.15 Å². The molecular weight excluding hydrogens is 268 g/mol. The van der Waals surface area contributed by atoms with Crippen molar-refractivity contribution in [2.24, 2.45) is 0 Å². The quantitative estimate of drug-likeness (QED) is 0.479. The average molecular weight is 280 g/mol. The van der Waals surface area contributed by atoms with Gasteiger partial charge >= 0.3 is 11.7 Å². The normalized spacial score (nSPS) is 12.3. The molecule has 0 N–H and O–H groups in total. The van der Waals surface area contributed by atoms with E-state index < -0.39 is 22.7 Å². The second-order valence-electron chi connectivity index (χ2n) is 4.28. The van der Waals surface area contributed by atoms with Gasteiger partial charge in [-0.05, 0) is 13.0 Å². The summed E-state index contributed by atoms with van der Waals surface area (Å²) >= 11 is 0. The van der Waals surface area contributed by atoms with Gasteiger partial charge in [-0.1, -0.05) is 0 Å². The van der Waals surface area contributed by atoms with Gasteiger partial charge in [0.2, 0.25) is 0 Å². The molecular formula is C12H12N2O6. The Kier molecular flexibility index (Phi) is 3.55. The third kappa shape index (κ3) is 2.40. The molecule has 0 bridgehead atoms. The number of non-ortho nitro benzene ring substituents is 1. The number of hydrogen-bond donors (Lipinski definition) is 0. The number of hydrogen-bond acceptors (Lipinski definition) is 6. The number of carbonyl (C=O) groups is 1. The molecule has 1 aromatic carbocycles. The van der Waals surface area contributed by atoms with Crippen molar-refractivity contribution in [2.45, 2.75) is 19.4 Å². The number of nitro groups is 1. The van der Waals surface area contributed by atoms with Crippen LogP contribution in [0.1, 0.15) is 19.4 Å². The molecule has 0 aliphatic rings. The number of rotatable bonds is 4. The predicted molar refractivity (Wildman–Crippen MR) is 68.5 cm³/mol. The maximum Gasteiger partial charge on any atom is 0.420 e. The Hall–Kier alpha value is -2.64. The molecule has 8 nitrogen and oxygen atoms in total. The zero-order valence-electron chi connectivity index (χ0n) is 10.9. The van der Waals surface area contributed by atoms with E-state index in [1.54, 1.807) is 6.92 Å². The molecule has 0 aliphatic carbocycles. The van der Waals surface area contributed by atoms with Crippen LogP contribution in [0.3, 0.4) is 0 Å². The number of carbonyl (C=O) groups excluding carboxylic acids is 1. The lowest BCUT2D eigenvalue weighted by Crippen LogP contribution is -2.21. The summed E-state index contributed by atoms with van der Waals surface area (Å²) < 4.78 is 10.8. The van der Waals surface area contributed by atoms with Gasteiger partial charge in [-0.15, -0.1) is 0 Å². The van der Waals surface area contributed by atoms with Crippen molar-refractivity contribution in [1.29, 1.82) is 0 Å². The van der Waals surface area contributed by atoms with Crippen LogP contribution < -0.4 is 5.76 Å². The fourth-order valence-corrected chi connectivity index (χ4v) is 1.97. The Bertz CT molecular complexity index is 729. The summed E-state index contributed by atoms with van der Waals surface area (Å²) in [4.78, 5) is 33.3. The standard InChI is InChI=1S/C12H12N2O6/c1-7(5-11(15)19-2)13-9-6-8(14(17)18)3-4-10(9)20-12(13)16/h3-4,6-7H,5H2,1-2H3. The minimum atomic E-state index is -0.670. The van der Waals surface area contributed by atoms with Gasteiger partial charge in [-0.3, -0.25) is 19.5 Å². The number of esters is 1. The molecule has 1 unspecified atom stereocenters. The molecule has 0 saturated heterocycles. The summed E-state index contributed by atoms with van der Waals surface area (Å²) in [7, 11) is 1.25. The Morgan fingerprint density at radius 2 is 2.25 bits per heavy atom. The number of oxazole rings is 1. The van der Waals surface area contributed by atoms with Gasteiger partial charge in [0.15, 0.2) is 5.58 Å². The third-order valence-electron chi connectivity index (χ3n) is 2.94. The molecule has 0 fully saturated rings. The third-order valence-corrected chi connectivity index (χ3v) is 2.94. The second-order valence-corrected chi connectivity index (χ2v) is 4.28. The van der Waals surface area contributed by atoms with Crippen molar-refractivity contribution in [1.82, 2.24) is 4.57 Å². The highest BCUT2D eigenvalue weighted by Gasteiger charge is 2.20. The molecule has 0 radical (unpaired) electrons. The van der Waals surface area contributed by atoms with Crippen LogP contribution in [0.15, 0.2) is 27.4 Å². The largest absolute Gasteiger partial charge is 0.469 e. The first-order valence-corrected chi connectivity index (χ1v) is 5.80. The molecule has 1 aromatic heterocycles. The molecule has 2 aromatic rings. The zero-order chi connectivity index (χ0) is 14.9. The molecule has 2 rings (SSSR count). The van der Waals surface area contributed by atoms with Crippen molar-refractivity contribution in [2.75, 3.05) is 7.11 Å². The highest BCUT2D eigenvalue weighted by molar-refractivity contribution is 5.76. The Labute approximate surface area is 112 Å². The maximum atomic E-state index is 11.8. The molecule has 1 atom stereocenters. The summed E-state index contributed by atoms with van der Waals surface area (Å²) in [5.74, 6) is -1.15. The summed E-state index contributed by atoms with van der Waals surface area (Å²) in [5.41, 5.74) is 0.357. The number of ether oxygens (including phenoxy) is 1. The number of aromatic nitrogens is 1. The smallest absolute Gasteiger partial charge is 0.420 e. The van der Waals surface area contributed by atoms with E-state index in [0.717, 1.165) is 0 Å². The minimum absolute atomic E-state index is 0.0340. The molecule has 0 aliphatic heterocycles. The number of benzene rings is 1.